The Hall–Kier alpha value is -4.61. The molecule has 5 aromatic carbocycles. The third-order valence-electron chi connectivity index (χ3n) is 7.98. The van der Waals surface area contributed by atoms with Crippen molar-refractivity contribution in [2.24, 2.45) is 0 Å². The van der Waals surface area contributed by atoms with Crippen LogP contribution < -0.4 is 26.0 Å². The SMILES string of the molecule is CCOc1ccc([Si](Cn2ccnc2[B]C(c2ccccc2)c2ccccc2)(c2ccccc2)c2ccccc2)cc1. The largest absolute Gasteiger partial charge is 0.494 e. The van der Waals surface area contributed by atoms with E-state index in [4.69, 9.17) is 9.72 Å². The van der Waals surface area contributed by atoms with Gasteiger partial charge in [0.2, 0.25) is 7.28 Å². The van der Waals surface area contributed by atoms with Gasteiger partial charge in [-0.15, -0.1) is 0 Å². The van der Waals surface area contributed by atoms with E-state index >= 15 is 0 Å². The van der Waals surface area contributed by atoms with Crippen molar-refractivity contribution in [3.63, 3.8) is 0 Å². The van der Waals surface area contributed by atoms with Gasteiger partial charge in [0.15, 0.2) is 8.07 Å². The molecule has 0 fully saturated rings. The van der Waals surface area contributed by atoms with Gasteiger partial charge in [0.1, 0.15) is 5.75 Å². The first-order valence-corrected chi connectivity index (χ1v) is 16.8. The van der Waals surface area contributed by atoms with Crippen molar-refractivity contribution in [3.05, 3.63) is 169 Å². The van der Waals surface area contributed by atoms with E-state index in [2.05, 4.69) is 164 Å². The summed E-state index contributed by atoms with van der Waals surface area (Å²) < 4.78 is 8.20. The molecule has 205 valence electrons. The summed E-state index contributed by atoms with van der Waals surface area (Å²) >= 11 is 0. The molecule has 0 saturated heterocycles. The lowest BCUT2D eigenvalue weighted by Crippen LogP contribution is -2.70. The Morgan fingerprint density at radius 2 is 1.12 bits per heavy atom. The van der Waals surface area contributed by atoms with Gasteiger partial charge in [-0.25, -0.2) is 0 Å². The Bertz CT molecular complexity index is 1600. The first-order chi connectivity index (χ1) is 20.8. The number of rotatable bonds is 11. The molecule has 1 aromatic heterocycles. The molecule has 1 radical (unpaired) electrons. The van der Waals surface area contributed by atoms with E-state index < -0.39 is 8.07 Å². The molecule has 1 heterocycles. The Kier molecular flexibility index (Phi) is 8.48. The first kappa shape index (κ1) is 27.6. The molecule has 0 atom stereocenters. The van der Waals surface area contributed by atoms with E-state index in [0.29, 0.717) is 6.61 Å². The van der Waals surface area contributed by atoms with Gasteiger partial charge < -0.3 is 9.30 Å². The maximum atomic E-state index is 5.83. The van der Waals surface area contributed by atoms with Gasteiger partial charge in [-0.05, 0) is 51.6 Å². The summed E-state index contributed by atoms with van der Waals surface area (Å²) in [5.74, 6) is 0.985. The predicted molar refractivity (Wildman–Crippen MR) is 177 cm³/mol. The van der Waals surface area contributed by atoms with Crippen LogP contribution in [0.4, 0.5) is 0 Å². The fourth-order valence-electron chi connectivity index (χ4n) is 5.94. The summed E-state index contributed by atoms with van der Waals surface area (Å²) in [7, 11) is -0.250. The maximum absolute atomic E-state index is 5.83. The molecule has 0 unspecified atom stereocenters. The average Bonchev–Trinajstić information content (AvgIpc) is 3.51. The van der Waals surface area contributed by atoms with Crippen molar-refractivity contribution in [2.75, 3.05) is 6.61 Å². The minimum absolute atomic E-state index is 0.0866. The highest BCUT2D eigenvalue weighted by molar-refractivity contribution is 7.10. The first-order valence-electron chi connectivity index (χ1n) is 14.6. The zero-order chi connectivity index (χ0) is 28.6. The molecule has 0 bridgehead atoms. The van der Waals surface area contributed by atoms with Crippen LogP contribution in [0.5, 0.6) is 5.75 Å². The second kappa shape index (κ2) is 12.9. The van der Waals surface area contributed by atoms with Gasteiger partial charge in [0.05, 0.1) is 12.3 Å². The zero-order valence-corrected chi connectivity index (χ0v) is 24.9. The van der Waals surface area contributed by atoms with Gasteiger partial charge in [-0.3, -0.25) is 4.98 Å². The van der Waals surface area contributed by atoms with Crippen LogP contribution in [-0.2, 0) is 6.17 Å². The average molecular weight is 562 g/mol. The molecular formula is C37H34BN2OSi. The van der Waals surface area contributed by atoms with Gasteiger partial charge in [-0.2, -0.15) is 0 Å². The summed E-state index contributed by atoms with van der Waals surface area (Å²) in [5.41, 5.74) is 3.47. The summed E-state index contributed by atoms with van der Waals surface area (Å²) in [6.45, 7) is 2.67. The third kappa shape index (κ3) is 5.74. The Morgan fingerprint density at radius 1 is 0.643 bits per heavy atom. The molecule has 0 amide bonds. The fraction of sp³-hybridized carbons (Fsp3) is 0.108. The van der Waals surface area contributed by atoms with Crippen LogP contribution >= 0.6 is 0 Å². The van der Waals surface area contributed by atoms with E-state index in [-0.39, 0.29) is 5.82 Å². The van der Waals surface area contributed by atoms with E-state index in [1.807, 2.05) is 13.1 Å². The fourth-order valence-corrected chi connectivity index (χ4v) is 10.5. The number of benzene rings is 5. The van der Waals surface area contributed by atoms with Gasteiger partial charge in [0, 0.05) is 18.6 Å². The molecule has 6 rings (SSSR count). The lowest BCUT2D eigenvalue weighted by Gasteiger charge is -2.35. The Balaban J connectivity index is 1.47. The quantitative estimate of drug-likeness (QED) is 0.162. The molecule has 5 heteroatoms. The lowest BCUT2D eigenvalue weighted by atomic mass is 9.58. The number of imidazole rings is 1. The van der Waals surface area contributed by atoms with Gasteiger partial charge >= 0.3 is 0 Å². The molecule has 0 N–H and O–H groups in total. The molecule has 6 aromatic rings. The van der Waals surface area contributed by atoms with Crippen LogP contribution in [0.15, 0.2) is 158 Å². The number of ether oxygens (including phenoxy) is 1. The van der Waals surface area contributed by atoms with Crippen LogP contribution in [0.2, 0.25) is 0 Å². The van der Waals surface area contributed by atoms with Crippen molar-refractivity contribution < 1.29 is 4.74 Å². The monoisotopic (exact) mass is 561 g/mol. The molecular weight excluding hydrogens is 527 g/mol. The Labute approximate surface area is 250 Å². The van der Waals surface area contributed by atoms with E-state index in [9.17, 15) is 0 Å². The van der Waals surface area contributed by atoms with Crippen molar-refractivity contribution in [2.45, 2.75) is 18.9 Å². The van der Waals surface area contributed by atoms with Crippen LogP contribution in [-0.4, -0.2) is 31.5 Å². The smallest absolute Gasteiger partial charge is 0.215 e. The number of aromatic nitrogens is 2. The zero-order valence-electron chi connectivity index (χ0n) is 23.9. The summed E-state index contributed by atoms with van der Waals surface area (Å²) in [5, 5.41) is 4.07. The van der Waals surface area contributed by atoms with E-state index in [0.717, 1.165) is 17.6 Å². The second-order valence-electron chi connectivity index (χ2n) is 10.5. The standard InChI is InChI=1S/C37H34BN2OSi/c1-2-41-32-23-25-35(26-24-32)42(33-19-11-5-12-20-33,34-21-13-6-14-22-34)29-40-28-27-39-37(40)38-36(30-15-7-3-8-16-30)31-17-9-4-10-18-31/h3-28,36H,2,29H2,1H3. The van der Waals surface area contributed by atoms with Gasteiger partial charge in [0.25, 0.3) is 0 Å². The second-order valence-corrected chi connectivity index (χ2v) is 14.3. The normalized spacial score (nSPS) is 11.4. The molecule has 0 aliphatic heterocycles. The summed E-state index contributed by atoms with van der Waals surface area (Å²) in [6.07, 6.45) is 4.89. The van der Waals surface area contributed by atoms with Crippen molar-refractivity contribution in [1.82, 2.24) is 9.55 Å². The number of nitrogens with zero attached hydrogens (tertiary/aromatic N) is 2. The Morgan fingerprint density at radius 3 is 1.62 bits per heavy atom. The number of hydrogen-bond acceptors (Lipinski definition) is 2. The third-order valence-corrected chi connectivity index (χ3v) is 12.8. The highest BCUT2D eigenvalue weighted by atomic mass is 28.3. The van der Waals surface area contributed by atoms with Crippen LogP contribution in [0.3, 0.4) is 0 Å². The van der Waals surface area contributed by atoms with Crippen LogP contribution in [0, 0.1) is 0 Å². The molecule has 42 heavy (non-hydrogen) atoms. The van der Waals surface area contributed by atoms with Crippen molar-refractivity contribution in [1.29, 1.82) is 0 Å². The number of hydrogen-bond donors (Lipinski definition) is 0. The maximum Gasteiger partial charge on any atom is 0.215 e. The molecule has 0 aliphatic rings. The van der Waals surface area contributed by atoms with E-state index in [1.165, 1.54) is 26.7 Å². The highest BCUT2D eigenvalue weighted by Gasteiger charge is 2.40. The molecule has 0 aliphatic carbocycles. The van der Waals surface area contributed by atoms with Crippen molar-refractivity contribution in [3.8, 4) is 5.75 Å². The van der Waals surface area contributed by atoms with Crippen molar-refractivity contribution >= 4 is 36.6 Å². The molecule has 0 spiro atoms. The molecule has 3 nitrogen and oxygen atoms in total. The van der Waals surface area contributed by atoms with E-state index in [1.54, 1.807) is 0 Å². The minimum atomic E-state index is -2.57. The predicted octanol–water partition coefficient (Wildman–Crippen LogP) is 5.11. The minimum Gasteiger partial charge on any atom is -0.494 e. The van der Waals surface area contributed by atoms with Crippen LogP contribution in [0.25, 0.3) is 0 Å². The lowest BCUT2D eigenvalue weighted by molar-refractivity contribution is 0.340. The summed E-state index contributed by atoms with van der Waals surface area (Å²) in [4.78, 5) is 4.92. The van der Waals surface area contributed by atoms with Crippen LogP contribution in [0.1, 0.15) is 23.9 Å². The van der Waals surface area contributed by atoms with Gasteiger partial charge in [-0.1, -0.05) is 133 Å². The topological polar surface area (TPSA) is 27.1 Å². The highest BCUT2D eigenvalue weighted by Crippen LogP contribution is 2.23. The summed E-state index contributed by atoms with van der Waals surface area (Å²) in [6, 6.07) is 52.2. The molecule has 0 saturated carbocycles.